The summed E-state index contributed by atoms with van der Waals surface area (Å²) in [5.74, 6) is -1.79. The molecule has 0 radical (unpaired) electrons. The molecule has 0 aromatic heterocycles. The highest BCUT2D eigenvalue weighted by molar-refractivity contribution is 5.92. The van der Waals surface area contributed by atoms with Crippen LogP contribution in [0, 0.1) is 0 Å². The number of nitrogens with zero attached hydrogens (tertiary/aromatic N) is 1. The Hall–Kier alpha value is -3.39. The summed E-state index contributed by atoms with van der Waals surface area (Å²) in [6.45, 7) is 3.73. The van der Waals surface area contributed by atoms with E-state index in [1.165, 1.54) is 0 Å². The zero-order valence-corrected chi connectivity index (χ0v) is 20.1. The smallest absolute Gasteiger partial charge is 0.408 e. The van der Waals surface area contributed by atoms with E-state index in [9.17, 15) is 19.5 Å². The summed E-state index contributed by atoms with van der Waals surface area (Å²) >= 11 is 0. The SMILES string of the molecule is CCCC(C)(NC(=O)OCC1c2ccccc2-c2ccccc21)C(=O)N[C@@H](CN(C)C)C(=O)O. The molecule has 2 aromatic carbocycles. The molecule has 0 bridgehead atoms. The molecule has 2 atom stereocenters. The second kappa shape index (κ2) is 10.7. The van der Waals surface area contributed by atoms with Crippen LogP contribution in [-0.4, -0.2) is 66.8 Å². The fourth-order valence-electron chi connectivity index (χ4n) is 4.46. The highest BCUT2D eigenvalue weighted by Gasteiger charge is 2.37. The Kier molecular flexibility index (Phi) is 7.94. The number of aliphatic carboxylic acids is 1. The van der Waals surface area contributed by atoms with Crippen molar-refractivity contribution in [3.63, 3.8) is 0 Å². The molecule has 2 aromatic rings. The average molecular weight is 468 g/mol. The van der Waals surface area contributed by atoms with Gasteiger partial charge in [0.1, 0.15) is 18.2 Å². The summed E-state index contributed by atoms with van der Waals surface area (Å²) < 4.78 is 5.59. The molecular formula is C26H33N3O5. The van der Waals surface area contributed by atoms with E-state index in [1.54, 1.807) is 25.9 Å². The van der Waals surface area contributed by atoms with Gasteiger partial charge in [0, 0.05) is 12.5 Å². The molecule has 0 heterocycles. The number of ether oxygens (including phenoxy) is 1. The van der Waals surface area contributed by atoms with Gasteiger partial charge in [-0.2, -0.15) is 0 Å². The molecule has 1 unspecified atom stereocenters. The van der Waals surface area contributed by atoms with E-state index < -0.39 is 29.6 Å². The predicted octanol–water partition coefficient (Wildman–Crippen LogP) is 3.21. The number of carbonyl (C=O) groups excluding carboxylic acids is 2. The number of rotatable bonds is 10. The summed E-state index contributed by atoms with van der Waals surface area (Å²) in [6, 6.07) is 15.0. The molecule has 2 amide bonds. The van der Waals surface area contributed by atoms with Crippen LogP contribution in [0.1, 0.15) is 43.7 Å². The molecule has 8 heteroatoms. The van der Waals surface area contributed by atoms with Crippen molar-refractivity contribution in [3.8, 4) is 11.1 Å². The molecular weight excluding hydrogens is 434 g/mol. The standard InChI is InChI=1S/C26H33N3O5/c1-5-14-26(2,24(32)27-22(23(30)31)15-29(3)4)28-25(33)34-16-21-19-12-8-6-10-17(19)18-11-7-9-13-20(18)21/h6-13,21-22H,5,14-16H2,1-4H3,(H,27,32)(H,28,33)(H,30,31)/t22-,26?/m0/s1. The second-order valence-electron chi connectivity index (χ2n) is 9.16. The van der Waals surface area contributed by atoms with E-state index in [-0.39, 0.29) is 19.1 Å². The Balaban J connectivity index is 1.69. The number of hydrogen-bond acceptors (Lipinski definition) is 5. The minimum absolute atomic E-state index is 0.0964. The van der Waals surface area contributed by atoms with E-state index in [0.717, 1.165) is 22.3 Å². The molecule has 1 aliphatic rings. The van der Waals surface area contributed by atoms with Crippen molar-refractivity contribution in [3.05, 3.63) is 59.7 Å². The fraction of sp³-hybridized carbons (Fsp3) is 0.423. The first kappa shape index (κ1) is 25.2. The van der Waals surface area contributed by atoms with Crippen molar-refractivity contribution in [2.45, 2.75) is 44.2 Å². The molecule has 34 heavy (non-hydrogen) atoms. The van der Waals surface area contributed by atoms with E-state index in [4.69, 9.17) is 4.74 Å². The van der Waals surface area contributed by atoms with Crippen molar-refractivity contribution in [1.29, 1.82) is 0 Å². The number of hydrogen-bond donors (Lipinski definition) is 3. The largest absolute Gasteiger partial charge is 0.480 e. The number of nitrogens with one attached hydrogen (secondary N) is 2. The molecule has 3 N–H and O–H groups in total. The highest BCUT2D eigenvalue weighted by Crippen LogP contribution is 2.44. The summed E-state index contributed by atoms with van der Waals surface area (Å²) in [7, 11) is 3.45. The number of benzene rings is 2. The zero-order chi connectivity index (χ0) is 24.9. The predicted molar refractivity (Wildman–Crippen MR) is 130 cm³/mol. The third kappa shape index (κ3) is 5.56. The topological polar surface area (TPSA) is 108 Å². The Bertz CT molecular complexity index is 1010. The van der Waals surface area contributed by atoms with Gasteiger partial charge < -0.3 is 25.4 Å². The lowest BCUT2D eigenvalue weighted by molar-refractivity contribution is -0.143. The lowest BCUT2D eigenvalue weighted by atomic mass is 9.94. The van der Waals surface area contributed by atoms with Gasteiger partial charge in [-0.3, -0.25) is 4.79 Å². The van der Waals surface area contributed by atoms with Crippen molar-refractivity contribution in [2.24, 2.45) is 0 Å². The summed E-state index contributed by atoms with van der Waals surface area (Å²) in [5, 5.41) is 14.7. The average Bonchev–Trinajstić information content (AvgIpc) is 3.10. The maximum absolute atomic E-state index is 13.0. The van der Waals surface area contributed by atoms with Crippen molar-refractivity contribution in [2.75, 3.05) is 27.2 Å². The monoisotopic (exact) mass is 467 g/mol. The van der Waals surface area contributed by atoms with Gasteiger partial charge in [-0.15, -0.1) is 0 Å². The van der Waals surface area contributed by atoms with Crippen LogP contribution in [0.2, 0.25) is 0 Å². The third-order valence-electron chi connectivity index (χ3n) is 6.12. The number of carbonyl (C=O) groups is 3. The van der Waals surface area contributed by atoms with Gasteiger partial charge in [0.15, 0.2) is 0 Å². The third-order valence-corrected chi connectivity index (χ3v) is 6.12. The van der Waals surface area contributed by atoms with Gasteiger partial charge in [0.2, 0.25) is 5.91 Å². The van der Waals surface area contributed by atoms with Crippen LogP contribution in [0.5, 0.6) is 0 Å². The van der Waals surface area contributed by atoms with Gasteiger partial charge in [-0.25, -0.2) is 9.59 Å². The van der Waals surface area contributed by atoms with Gasteiger partial charge in [0.25, 0.3) is 0 Å². The Morgan fingerprint density at radius 3 is 2.12 bits per heavy atom. The number of carboxylic acid groups (broad SMARTS) is 1. The first-order valence-electron chi connectivity index (χ1n) is 11.5. The number of likely N-dealkylation sites (N-methyl/N-ethyl adjacent to an activating group) is 1. The molecule has 182 valence electrons. The maximum atomic E-state index is 13.0. The highest BCUT2D eigenvalue weighted by atomic mass is 16.5. The van der Waals surface area contributed by atoms with Crippen molar-refractivity contribution < 1.29 is 24.2 Å². The van der Waals surface area contributed by atoms with Crippen molar-refractivity contribution in [1.82, 2.24) is 15.5 Å². The minimum Gasteiger partial charge on any atom is -0.480 e. The second-order valence-corrected chi connectivity index (χ2v) is 9.16. The lowest BCUT2D eigenvalue weighted by Gasteiger charge is -2.31. The van der Waals surface area contributed by atoms with Gasteiger partial charge in [-0.1, -0.05) is 61.9 Å². The van der Waals surface area contributed by atoms with E-state index in [0.29, 0.717) is 12.8 Å². The number of carboxylic acids is 1. The molecule has 3 rings (SSSR count). The van der Waals surface area contributed by atoms with Crippen LogP contribution in [0.15, 0.2) is 48.5 Å². The summed E-state index contributed by atoms with van der Waals surface area (Å²) in [5.41, 5.74) is 3.14. The zero-order valence-electron chi connectivity index (χ0n) is 20.1. The first-order chi connectivity index (χ1) is 16.2. The quantitative estimate of drug-likeness (QED) is 0.495. The molecule has 0 spiro atoms. The lowest BCUT2D eigenvalue weighted by Crippen LogP contribution is -2.60. The number of fused-ring (bicyclic) bond motifs is 3. The molecule has 0 fully saturated rings. The van der Waals surface area contributed by atoms with Crippen LogP contribution in [0.4, 0.5) is 4.79 Å². The molecule has 0 aliphatic heterocycles. The van der Waals surface area contributed by atoms with E-state index in [2.05, 4.69) is 22.8 Å². The molecule has 0 saturated heterocycles. The van der Waals surface area contributed by atoms with Gasteiger partial charge in [0.05, 0.1) is 0 Å². The Labute approximate surface area is 200 Å². The van der Waals surface area contributed by atoms with Crippen LogP contribution in [0.25, 0.3) is 11.1 Å². The van der Waals surface area contributed by atoms with Crippen LogP contribution < -0.4 is 10.6 Å². The fourth-order valence-corrected chi connectivity index (χ4v) is 4.46. The van der Waals surface area contributed by atoms with Gasteiger partial charge in [-0.05, 0) is 49.7 Å². The molecule has 8 nitrogen and oxygen atoms in total. The van der Waals surface area contributed by atoms with E-state index >= 15 is 0 Å². The van der Waals surface area contributed by atoms with Gasteiger partial charge >= 0.3 is 12.1 Å². The Morgan fingerprint density at radius 2 is 1.62 bits per heavy atom. The minimum atomic E-state index is -1.31. The number of alkyl carbamates (subject to hydrolysis) is 1. The van der Waals surface area contributed by atoms with Crippen LogP contribution >= 0.6 is 0 Å². The summed E-state index contributed by atoms with van der Waals surface area (Å²) in [4.78, 5) is 39.0. The molecule has 1 aliphatic carbocycles. The van der Waals surface area contributed by atoms with Crippen LogP contribution in [-0.2, 0) is 14.3 Å². The first-order valence-corrected chi connectivity index (χ1v) is 11.5. The normalized spacial score (nSPS) is 15.1. The number of amides is 2. The Morgan fingerprint density at radius 1 is 1.06 bits per heavy atom. The van der Waals surface area contributed by atoms with Crippen molar-refractivity contribution >= 4 is 18.0 Å². The van der Waals surface area contributed by atoms with Crippen LogP contribution in [0.3, 0.4) is 0 Å². The molecule has 0 saturated carbocycles. The maximum Gasteiger partial charge on any atom is 0.408 e. The summed E-state index contributed by atoms with van der Waals surface area (Å²) in [6.07, 6.45) is 0.225. The van der Waals surface area contributed by atoms with E-state index in [1.807, 2.05) is 43.3 Å².